The van der Waals surface area contributed by atoms with E-state index in [1.54, 1.807) is 12.1 Å². The van der Waals surface area contributed by atoms with Crippen molar-refractivity contribution in [1.82, 2.24) is 4.90 Å². The molecule has 5 nitrogen and oxygen atoms in total. The number of rotatable bonds is 2. The van der Waals surface area contributed by atoms with E-state index in [9.17, 15) is 14.4 Å². The van der Waals surface area contributed by atoms with Crippen LogP contribution in [0.2, 0.25) is 0 Å². The molecule has 1 N–H and O–H groups in total. The van der Waals surface area contributed by atoms with E-state index in [0.29, 0.717) is 16.5 Å². The monoisotopic (exact) mass is 295 g/mol. The molecule has 0 aromatic heterocycles. The summed E-state index contributed by atoms with van der Waals surface area (Å²) in [6.07, 6.45) is 1.82. The van der Waals surface area contributed by atoms with Crippen LogP contribution in [0, 0.1) is 0 Å². The van der Waals surface area contributed by atoms with Gasteiger partial charge in [-0.3, -0.25) is 14.5 Å². The summed E-state index contributed by atoms with van der Waals surface area (Å²) in [7, 11) is 0. The third kappa shape index (κ3) is 1.45. The number of imide groups is 1. The van der Waals surface area contributed by atoms with Gasteiger partial charge in [0.2, 0.25) is 0 Å². The van der Waals surface area contributed by atoms with Crippen molar-refractivity contribution >= 4 is 28.6 Å². The van der Waals surface area contributed by atoms with Gasteiger partial charge in [0.15, 0.2) is 0 Å². The molecule has 110 valence electrons. The third-order valence-corrected chi connectivity index (χ3v) is 4.64. The van der Waals surface area contributed by atoms with Crippen LogP contribution in [0.25, 0.3) is 10.8 Å². The van der Waals surface area contributed by atoms with Crippen LogP contribution in [0.1, 0.15) is 38.8 Å². The zero-order chi connectivity index (χ0) is 15.6. The molecule has 1 heterocycles. The number of carboxylic acids is 1. The second-order valence-corrected chi connectivity index (χ2v) is 5.79. The van der Waals surface area contributed by atoms with Gasteiger partial charge >= 0.3 is 5.97 Å². The lowest BCUT2D eigenvalue weighted by atomic mass is 9.90. The Kier molecular flexibility index (Phi) is 2.46. The number of carbonyl (C=O) groups is 3. The SMILES string of the molecule is C[C@H](C(=O)O)N1C(=O)c2ccc3c4c(ccc(c24)C1=O)CC3. The largest absolute Gasteiger partial charge is 0.480 e. The number of amides is 2. The van der Waals surface area contributed by atoms with E-state index in [0.717, 1.165) is 34.3 Å². The number of hydrogen-bond acceptors (Lipinski definition) is 3. The molecule has 1 aliphatic carbocycles. The lowest BCUT2D eigenvalue weighted by Gasteiger charge is -2.30. The highest BCUT2D eigenvalue weighted by molar-refractivity contribution is 6.27. The molecule has 0 unspecified atom stereocenters. The van der Waals surface area contributed by atoms with Crippen LogP contribution in [-0.2, 0) is 17.6 Å². The number of nitrogens with zero attached hydrogens (tertiary/aromatic N) is 1. The Balaban J connectivity index is 2.03. The van der Waals surface area contributed by atoms with E-state index in [4.69, 9.17) is 5.11 Å². The molecule has 0 bridgehead atoms. The average Bonchev–Trinajstić information content (AvgIpc) is 2.92. The molecule has 5 heteroatoms. The second kappa shape index (κ2) is 4.16. The highest BCUT2D eigenvalue weighted by Gasteiger charge is 2.39. The molecule has 1 aliphatic heterocycles. The Bertz CT molecular complexity index is 825. The molecule has 0 spiro atoms. The predicted octanol–water partition coefficient (Wildman–Crippen LogP) is 2.01. The quantitative estimate of drug-likeness (QED) is 0.860. The first-order valence-corrected chi connectivity index (χ1v) is 7.19. The Labute approximate surface area is 126 Å². The van der Waals surface area contributed by atoms with Crippen LogP contribution in [-0.4, -0.2) is 33.8 Å². The van der Waals surface area contributed by atoms with E-state index >= 15 is 0 Å². The smallest absolute Gasteiger partial charge is 0.326 e. The van der Waals surface area contributed by atoms with Gasteiger partial charge in [0, 0.05) is 16.5 Å². The number of benzene rings is 2. The van der Waals surface area contributed by atoms with Gasteiger partial charge < -0.3 is 5.11 Å². The van der Waals surface area contributed by atoms with Gasteiger partial charge in [0.25, 0.3) is 11.8 Å². The zero-order valence-corrected chi connectivity index (χ0v) is 11.9. The summed E-state index contributed by atoms with van der Waals surface area (Å²) in [5.41, 5.74) is 3.14. The highest BCUT2D eigenvalue weighted by atomic mass is 16.4. The normalized spacial score (nSPS) is 17.2. The molecular weight excluding hydrogens is 282 g/mol. The average molecular weight is 295 g/mol. The summed E-state index contributed by atoms with van der Waals surface area (Å²) in [5, 5.41) is 10.9. The first kappa shape index (κ1) is 13.0. The van der Waals surface area contributed by atoms with Crippen LogP contribution in [0.15, 0.2) is 24.3 Å². The number of carbonyl (C=O) groups excluding carboxylic acids is 2. The first-order valence-electron chi connectivity index (χ1n) is 7.19. The van der Waals surface area contributed by atoms with Crippen LogP contribution >= 0.6 is 0 Å². The van der Waals surface area contributed by atoms with Crippen molar-refractivity contribution in [2.75, 3.05) is 0 Å². The highest BCUT2D eigenvalue weighted by Crippen LogP contribution is 2.38. The second-order valence-electron chi connectivity index (χ2n) is 5.79. The minimum Gasteiger partial charge on any atom is -0.480 e. The maximum atomic E-state index is 12.6. The van der Waals surface area contributed by atoms with Gasteiger partial charge in [0.05, 0.1) is 0 Å². The lowest BCUT2D eigenvalue weighted by Crippen LogP contribution is -2.49. The van der Waals surface area contributed by atoms with Crippen LogP contribution in [0.5, 0.6) is 0 Å². The van der Waals surface area contributed by atoms with Crippen LogP contribution < -0.4 is 0 Å². The fourth-order valence-corrected chi connectivity index (χ4v) is 3.50. The summed E-state index contributed by atoms with van der Waals surface area (Å²) in [6, 6.07) is 6.07. The lowest BCUT2D eigenvalue weighted by molar-refractivity contribution is -0.141. The Morgan fingerprint density at radius 2 is 1.50 bits per heavy atom. The number of aliphatic carboxylic acids is 1. The van der Waals surface area contributed by atoms with Crippen molar-refractivity contribution in [3.63, 3.8) is 0 Å². The molecule has 0 saturated heterocycles. The van der Waals surface area contributed by atoms with Crippen molar-refractivity contribution in [3.05, 3.63) is 46.5 Å². The Hall–Kier alpha value is -2.69. The van der Waals surface area contributed by atoms with E-state index < -0.39 is 23.8 Å². The third-order valence-electron chi connectivity index (χ3n) is 4.64. The van der Waals surface area contributed by atoms with Gasteiger partial charge in [-0.2, -0.15) is 0 Å². The Morgan fingerprint density at radius 3 is 1.95 bits per heavy atom. The molecule has 0 radical (unpaired) electrons. The molecule has 0 saturated carbocycles. The molecule has 0 fully saturated rings. The summed E-state index contributed by atoms with van der Waals surface area (Å²) < 4.78 is 0. The van der Waals surface area contributed by atoms with Gasteiger partial charge in [-0.25, -0.2) is 4.79 Å². The van der Waals surface area contributed by atoms with E-state index in [1.807, 2.05) is 12.1 Å². The maximum absolute atomic E-state index is 12.6. The summed E-state index contributed by atoms with van der Waals surface area (Å²) >= 11 is 0. The summed E-state index contributed by atoms with van der Waals surface area (Å²) in [6.45, 7) is 1.35. The topological polar surface area (TPSA) is 74.7 Å². The van der Waals surface area contributed by atoms with Crippen molar-refractivity contribution in [2.24, 2.45) is 0 Å². The fraction of sp³-hybridized carbons (Fsp3) is 0.235. The molecular formula is C17H13NO4. The molecule has 4 rings (SSSR count). The molecule has 22 heavy (non-hydrogen) atoms. The number of hydrogen-bond donors (Lipinski definition) is 1. The molecule has 2 aliphatic rings. The number of aryl methyl sites for hydroxylation is 2. The van der Waals surface area contributed by atoms with Gasteiger partial charge in [-0.15, -0.1) is 0 Å². The predicted molar refractivity (Wildman–Crippen MR) is 79.0 cm³/mol. The van der Waals surface area contributed by atoms with Crippen molar-refractivity contribution in [1.29, 1.82) is 0 Å². The molecule has 2 aromatic rings. The van der Waals surface area contributed by atoms with Crippen LogP contribution in [0.3, 0.4) is 0 Å². The minimum atomic E-state index is -1.20. The van der Waals surface area contributed by atoms with Gasteiger partial charge in [-0.1, -0.05) is 12.1 Å². The molecule has 2 amide bonds. The fourth-order valence-electron chi connectivity index (χ4n) is 3.50. The summed E-state index contributed by atoms with van der Waals surface area (Å²) in [4.78, 5) is 37.3. The van der Waals surface area contributed by atoms with Gasteiger partial charge in [0.1, 0.15) is 6.04 Å². The maximum Gasteiger partial charge on any atom is 0.326 e. The minimum absolute atomic E-state index is 0.421. The van der Waals surface area contributed by atoms with Gasteiger partial charge in [-0.05, 0) is 48.4 Å². The van der Waals surface area contributed by atoms with E-state index in [-0.39, 0.29) is 0 Å². The number of carboxylic acid groups (broad SMARTS) is 1. The Morgan fingerprint density at radius 1 is 1.00 bits per heavy atom. The van der Waals surface area contributed by atoms with E-state index in [1.165, 1.54) is 6.92 Å². The zero-order valence-electron chi connectivity index (χ0n) is 11.9. The van der Waals surface area contributed by atoms with Crippen LogP contribution in [0.4, 0.5) is 0 Å². The van der Waals surface area contributed by atoms with Crippen molar-refractivity contribution in [3.8, 4) is 0 Å². The first-order chi connectivity index (χ1) is 10.5. The molecule has 1 atom stereocenters. The van der Waals surface area contributed by atoms with E-state index in [2.05, 4.69) is 0 Å². The molecule has 2 aromatic carbocycles. The van der Waals surface area contributed by atoms with Crippen molar-refractivity contribution in [2.45, 2.75) is 25.8 Å². The summed E-state index contributed by atoms with van der Waals surface area (Å²) in [5.74, 6) is -2.25. The van der Waals surface area contributed by atoms with Crippen molar-refractivity contribution < 1.29 is 19.5 Å². The standard InChI is InChI=1S/C17H13NO4/c1-8(17(21)22)18-15(19)11-6-4-9-2-3-10-5-7-12(16(18)20)14(11)13(9)10/h4-8H,2-3H2,1H3,(H,21,22)/t8-/m1/s1.